The summed E-state index contributed by atoms with van der Waals surface area (Å²) in [6.07, 6.45) is 8.15. The van der Waals surface area contributed by atoms with Crippen LogP contribution in [-0.4, -0.2) is 11.0 Å². The number of pyridine rings is 1. The summed E-state index contributed by atoms with van der Waals surface area (Å²) in [7, 11) is 0. The Balaban J connectivity index is 1.99. The van der Waals surface area contributed by atoms with Crippen LogP contribution >= 0.6 is 0 Å². The van der Waals surface area contributed by atoms with E-state index in [1.165, 1.54) is 36.9 Å². The molecule has 15 heavy (non-hydrogen) atoms. The van der Waals surface area contributed by atoms with Gasteiger partial charge in [-0.05, 0) is 37.3 Å². The molecule has 1 unspecified atom stereocenters. The van der Waals surface area contributed by atoms with Gasteiger partial charge in [-0.1, -0.05) is 18.9 Å². The van der Waals surface area contributed by atoms with Crippen LogP contribution < -0.4 is 5.73 Å². The Morgan fingerprint density at radius 1 is 1.47 bits per heavy atom. The van der Waals surface area contributed by atoms with Crippen molar-refractivity contribution < 1.29 is 0 Å². The summed E-state index contributed by atoms with van der Waals surface area (Å²) in [4.78, 5) is 4.41. The van der Waals surface area contributed by atoms with Crippen LogP contribution in [-0.2, 0) is 6.42 Å². The Morgan fingerprint density at radius 2 is 2.20 bits per heavy atom. The van der Waals surface area contributed by atoms with Gasteiger partial charge < -0.3 is 5.73 Å². The van der Waals surface area contributed by atoms with Crippen LogP contribution in [0, 0.1) is 12.8 Å². The molecule has 1 aliphatic rings. The van der Waals surface area contributed by atoms with E-state index < -0.39 is 0 Å². The van der Waals surface area contributed by atoms with Crippen LogP contribution in [0.25, 0.3) is 0 Å². The van der Waals surface area contributed by atoms with Gasteiger partial charge in [0.05, 0.1) is 0 Å². The molecule has 2 N–H and O–H groups in total. The van der Waals surface area contributed by atoms with Gasteiger partial charge >= 0.3 is 0 Å². The molecule has 82 valence electrons. The predicted molar refractivity (Wildman–Crippen MR) is 62.6 cm³/mol. The summed E-state index contributed by atoms with van der Waals surface area (Å²) in [5.74, 6) is 0.728. The van der Waals surface area contributed by atoms with E-state index in [2.05, 4.69) is 18.0 Å². The summed E-state index contributed by atoms with van der Waals surface area (Å²) in [6, 6.07) is 4.41. The highest BCUT2D eigenvalue weighted by Crippen LogP contribution is 2.28. The monoisotopic (exact) mass is 204 g/mol. The fraction of sp³-hybridized carbons (Fsp3) is 0.615. The molecule has 1 aromatic heterocycles. The highest BCUT2D eigenvalue weighted by Gasteiger charge is 2.22. The highest BCUT2D eigenvalue weighted by atomic mass is 14.7. The van der Waals surface area contributed by atoms with Crippen LogP contribution in [0.2, 0.25) is 0 Å². The molecule has 1 fully saturated rings. The molecule has 1 aliphatic carbocycles. The minimum absolute atomic E-state index is 0.307. The summed E-state index contributed by atoms with van der Waals surface area (Å²) in [5, 5.41) is 0. The van der Waals surface area contributed by atoms with Gasteiger partial charge in [-0.15, -0.1) is 0 Å². The fourth-order valence-electron chi connectivity index (χ4n) is 2.51. The molecular weight excluding hydrogens is 184 g/mol. The average Bonchev–Trinajstić information content (AvgIpc) is 2.74. The Kier molecular flexibility index (Phi) is 3.37. The minimum Gasteiger partial charge on any atom is -0.327 e. The number of hydrogen-bond acceptors (Lipinski definition) is 2. The Morgan fingerprint density at radius 3 is 2.87 bits per heavy atom. The van der Waals surface area contributed by atoms with Crippen LogP contribution in [0.5, 0.6) is 0 Å². The average molecular weight is 204 g/mol. The van der Waals surface area contributed by atoms with E-state index in [0.29, 0.717) is 6.04 Å². The number of nitrogens with zero attached hydrogens (tertiary/aromatic N) is 1. The van der Waals surface area contributed by atoms with E-state index in [0.717, 1.165) is 12.3 Å². The first-order chi connectivity index (χ1) is 7.27. The largest absolute Gasteiger partial charge is 0.327 e. The van der Waals surface area contributed by atoms with Gasteiger partial charge in [-0.25, -0.2) is 0 Å². The van der Waals surface area contributed by atoms with Crippen molar-refractivity contribution in [1.82, 2.24) is 4.98 Å². The normalized spacial score (nSPS) is 19.3. The molecular formula is C13H20N2. The zero-order valence-electron chi connectivity index (χ0n) is 9.45. The molecule has 1 heterocycles. The van der Waals surface area contributed by atoms with Crippen molar-refractivity contribution in [2.45, 2.75) is 45.1 Å². The summed E-state index contributed by atoms with van der Waals surface area (Å²) in [6.45, 7) is 2.11. The molecule has 1 saturated carbocycles. The van der Waals surface area contributed by atoms with E-state index in [1.54, 1.807) is 0 Å². The Bertz CT molecular complexity index is 316. The van der Waals surface area contributed by atoms with E-state index >= 15 is 0 Å². The first kappa shape index (κ1) is 10.6. The van der Waals surface area contributed by atoms with Gasteiger partial charge in [0, 0.05) is 24.4 Å². The van der Waals surface area contributed by atoms with E-state index in [4.69, 9.17) is 5.73 Å². The molecule has 0 amide bonds. The van der Waals surface area contributed by atoms with Crippen molar-refractivity contribution in [3.05, 3.63) is 29.6 Å². The van der Waals surface area contributed by atoms with Gasteiger partial charge in [0.2, 0.25) is 0 Å². The number of rotatable bonds is 3. The van der Waals surface area contributed by atoms with E-state index in [1.807, 2.05) is 12.3 Å². The smallest absolute Gasteiger partial charge is 0.0448 e. The highest BCUT2D eigenvalue weighted by molar-refractivity contribution is 5.18. The topological polar surface area (TPSA) is 38.9 Å². The molecule has 2 nitrogen and oxygen atoms in total. The summed E-state index contributed by atoms with van der Waals surface area (Å²) in [5.41, 5.74) is 8.69. The third-order valence-electron chi connectivity index (χ3n) is 3.55. The van der Waals surface area contributed by atoms with Crippen molar-refractivity contribution in [3.63, 3.8) is 0 Å². The molecule has 2 rings (SSSR count). The zero-order chi connectivity index (χ0) is 10.7. The minimum atomic E-state index is 0.307. The quantitative estimate of drug-likeness (QED) is 0.821. The maximum Gasteiger partial charge on any atom is 0.0448 e. The first-order valence-corrected chi connectivity index (χ1v) is 5.93. The van der Waals surface area contributed by atoms with Crippen molar-refractivity contribution in [2.24, 2.45) is 11.7 Å². The van der Waals surface area contributed by atoms with Gasteiger partial charge in [-0.2, -0.15) is 0 Å². The van der Waals surface area contributed by atoms with Gasteiger partial charge in [-0.3, -0.25) is 4.98 Å². The number of hydrogen-bond donors (Lipinski definition) is 1. The maximum atomic E-state index is 6.24. The summed E-state index contributed by atoms with van der Waals surface area (Å²) < 4.78 is 0. The number of nitrogens with two attached hydrogens (primary N) is 1. The van der Waals surface area contributed by atoms with Gasteiger partial charge in [0.1, 0.15) is 0 Å². The molecule has 0 aromatic carbocycles. The number of aromatic nitrogens is 1. The maximum absolute atomic E-state index is 6.24. The lowest BCUT2D eigenvalue weighted by Crippen LogP contribution is -2.31. The first-order valence-electron chi connectivity index (χ1n) is 5.93. The molecule has 1 aromatic rings. The molecule has 0 bridgehead atoms. The standard InChI is InChI=1S/C13H20N2/c1-10-5-4-8-15-13(10)9-12(14)11-6-2-3-7-11/h4-5,8,11-12H,2-3,6-7,9,14H2,1H3. The van der Waals surface area contributed by atoms with Crippen molar-refractivity contribution in [1.29, 1.82) is 0 Å². The lowest BCUT2D eigenvalue weighted by molar-refractivity contribution is 0.426. The third-order valence-corrected chi connectivity index (χ3v) is 3.55. The van der Waals surface area contributed by atoms with Crippen molar-refractivity contribution in [2.75, 3.05) is 0 Å². The van der Waals surface area contributed by atoms with Gasteiger partial charge in [0.15, 0.2) is 0 Å². The number of aryl methyl sites for hydroxylation is 1. The molecule has 0 aliphatic heterocycles. The molecule has 0 saturated heterocycles. The van der Waals surface area contributed by atoms with Crippen LogP contribution in [0.1, 0.15) is 36.9 Å². The van der Waals surface area contributed by atoms with E-state index in [9.17, 15) is 0 Å². The second kappa shape index (κ2) is 4.75. The zero-order valence-corrected chi connectivity index (χ0v) is 9.45. The van der Waals surface area contributed by atoms with Crippen molar-refractivity contribution in [3.8, 4) is 0 Å². The SMILES string of the molecule is Cc1cccnc1CC(N)C1CCCC1. The van der Waals surface area contributed by atoms with Gasteiger partial charge in [0.25, 0.3) is 0 Å². The van der Waals surface area contributed by atoms with Crippen LogP contribution in [0.15, 0.2) is 18.3 Å². The fourth-order valence-corrected chi connectivity index (χ4v) is 2.51. The molecule has 1 atom stereocenters. The van der Waals surface area contributed by atoms with Crippen LogP contribution in [0.4, 0.5) is 0 Å². The molecule has 0 radical (unpaired) electrons. The van der Waals surface area contributed by atoms with Crippen LogP contribution in [0.3, 0.4) is 0 Å². The lowest BCUT2D eigenvalue weighted by Gasteiger charge is -2.18. The van der Waals surface area contributed by atoms with Crippen molar-refractivity contribution >= 4 is 0 Å². The predicted octanol–water partition coefficient (Wildman–Crippen LogP) is 2.45. The molecule has 2 heteroatoms. The summed E-state index contributed by atoms with van der Waals surface area (Å²) >= 11 is 0. The second-order valence-electron chi connectivity index (χ2n) is 4.68. The second-order valence-corrected chi connectivity index (χ2v) is 4.68. The van der Waals surface area contributed by atoms with E-state index in [-0.39, 0.29) is 0 Å². The Hall–Kier alpha value is -0.890. The lowest BCUT2D eigenvalue weighted by atomic mass is 9.94. The Labute approximate surface area is 91.9 Å². The molecule has 0 spiro atoms. The third kappa shape index (κ3) is 2.57.